The van der Waals surface area contributed by atoms with Crippen LogP contribution in [0, 0.1) is 26.7 Å². The molecule has 0 nitrogen and oxygen atoms in total. The molecule has 0 spiro atoms. The van der Waals surface area contributed by atoms with E-state index in [0.717, 1.165) is 12.8 Å². The van der Waals surface area contributed by atoms with E-state index in [0.29, 0.717) is 5.92 Å². The molecule has 0 aromatic heterocycles. The Hall–Kier alpha value is -5.20. The van der Waals surface area contributed by atoms with E-state index >= 15 is 0 Å². The zero-order valence-electron chi connectivity index (χ0n) is 30.7. The third kappa shape index (κ3) is 5.98. The van der Waals surface area contributed by atoms with E-state index < -0.39 is 0 Å². The van der Waals surface area contributed by atoms with E-state index in [4.69, 9.17) is 0 Å². The highest BCUT2D eigenvalue weighted by Crippen LogP contribution is 2.47. The third-order valence-corrected chi connectivity index (χ3v) is 10.6. The van der Waals surface area contributed by atoms with Crippen molar-refractivity contribution in [3.63, 3.8) is 0 Å². The summed E-state index contributed by atoms with van der Waals surface area (Å²) in [7, 11) is 0. The lowest BCUT2D eigenvalue weighted by molar-refractivity contribution is 0.717. The predicted molar refractivity (Wildman–Crippen MR) is 221 cm³/mol. The molecule has 0 aliphatic carbocycles. The Bertz CT molecular complexity index is 2350. The van der Waals surface area contributed by atoms with Crippen molar-refractivity contribution in [1.82, 2.24) is 0 Å². The van der Waals surface area contributed by atoms with E-state index in [1.807, 2.05) is 0 Å². The summed E-state index contributed by atoms with van der Waals surface area (Å²) < 4.78 is 0. The van der Waals surface area contributed by atoms with Gasteiger partial charge in [-0.2, -0.15) is 0 Å². The third-order valence-electron chi connectivity index (χ3n) is 10.6. The van der Waals surface area contributed by atoms with Crippen molar-refractivity contribution in [2.24, 2.45) is 5.92 Å². The smallest absolute Gasteiger partial charge is 0.00201 e. The Morgan fingerprint density at radius 2 is 1.02 bits per heavy atom. The Morgan fingerprint density at radius 3 is 1.50 bits per heavy atom. The van der Waals surface area contributed by atoms with Crippen molar-refractivity contribution < 1.29 is 0 Å². The first-order valence-corrected chi connectivity index (χ1v) is 18.3. The molecule has 50 heavy (non-hydrogen) atoms. The fourth-order valence-electron chi connectivity index (χ4n) is 8.26. The van der Waals surface area contributed by atoms with Crippen LogP contribution in [0.15, 0.2) is 139 Å². The SMILES string of the molecule is CC/C=C(C)\C=C(\c1ccc(-c2c3ccccc3c(-c3ccc(-c4c(C)cc(C)cc4C)c4ccccc34)c3ccccc23)cc1)C(C)CC. The summed E-state index contributed by atoms with van der Waals surface area (Å²) in [6.07, 6.45) is 6.88. The molecule has 0 saturated carbocycles. The van der Waals surface area contributed by atoms with E-state index in [1.54, 1.807) is 0 Å². The molecule has 0 amide bonds. The van der Waals surface area contributed by atoms with Gasteiger partial charge in [-0.05, 0) is 134 Å². The van der Waals surface area contributed by atoms with Crippen LogP contribution in [0.4, 0.5) is 0 Å². The fraction of sp³-hybridized carbons (Fsp3) is 0.200. The molecule has 0 saturated heterocycles. The van der Waals surface area contributed by atoms with Gasteiger partial charge in [-0.25, -0.2) is 0 Å². The zero-order valence-corrected chi connectivity index (χ0v) is 30.7. The topological polar surface area (TPSA) is 0 Å². The van der Waals surface area contributed by atoms with Crippen LogP contribution in [0.1, 0.15) is 62.8 Å². The average Bonchev–Trinajstić information content (AvgIpc) is 3.12. The Balaban J connectivity index is 1.46. The van der Waals surface area contributed by atoms with E-state index in [9.17, 15) is 0 Å². The Labute approximate surface area is 298 Å². The predicted octanol–water partition coefficient (Wildman–Crippen LogP) is 14.9. The number of allylic oxidation sites excluding steroid dienone is 4. The first kappa shape index (κ1) is 33.3. The molecule has 0 heteroatoms. The summed E-state index contributed by atoms with van der Waals surface area (Å²) in [6.45, 7) is 15.7. The molecule has 0 heterocycles. The van der Waals surface area contributed by atoms with Gasteiger partial charge in [-0.15, -0.1) is 0 Å². The molecule has 7 rings (SSSR count). The minimum absolute atomic E-state index is 0.488. The summed E-state index contributed by atoms with van der Waals surface area (Å²) >= 11 is 0. The highest BCUT2D eigenvalue weighted by molar-refractivity contribution is 6.24. The van der Waals surface area contributed by atoms with Crippen LogP contribution in [0.3, 0.4) is 0 Å². The van der Waals surface area contributed by atoms with Gasteiger partial charge in [-0.1, -0.05) is 165 Å². The summed E-state index contributed by atoms with van der Waals surface area (Å²) in [5.74, 6) is 0.488. The standard InChI is InChI=1S/C50H48/c1-8-16-32(3)31-47(34(5)9-2)37-23-25-38(26-24-37)49-41-19-12-14-21-43(41)50(44-22-15-13-20-42(44)49)46-28-27-45(39-17-10-11-18-40(39)46)48-35(6)29-33(4)30-36(48)7/h10-31,34H,8-9H2,1-7H3/b32-16-,47-31+. The van der Waals surface area contributed by atoms with E-state index in [-0.39, 0.29) is 0 Å². The van der Waals surface area contributed by atoms with Crippen molar-refractivity contribution in [3.8, 4) is 33.4 Å². The van der Waals surface area contributed by atoms with Crippen LogP contribution in [0.5, 0.6) is 0 Å². The van der Waals surface area contributed by atoms with Crippen molar-refractivity contribution in [1.29, 1.82) is 0 Å². The average molecular weight is 649 g/mol. The van der Waals surface area contributed by atoms with Crippen molar-refractivity contribution in [3.05, 3.63) is 161 Å². The van der Waals surface area contributed by atoms with Gasteiger partial charge in [0.25, 0.3) is 0 Å². The van der Waals surface area contributed by atoms with Gasteiger partial charge in [0.05, 0.1) is 0 Å². The van der Waals surface area contributed by atoms with Gasteiger partial charge in [-0.3, -0.25) is 0 Å². The number of hydrogen-bond donors (Lipinski definition) is 0. The monoisotopic (exact) mass is 648 g/mol. The maximum absolute atomic E-state index is 2.39. The van der Waals surface area contributed by atoms with E-state index in [2.05, 4.69) is 182 Å². The second-order valence-electron chi connectivity index (χ2n) is 14.2. The molecule has 0 aliphatic heterocycles. The van der Waals surface area contributed by atoms with Crippen molar-refractivity contribution in [2.45, 2.75) is 61.3 Å². The normalized spacial score (nSPS) is 13.0. The molecule has 248 valence electrons. The van der Waals surface area contributed by atoms with Crippen LogP contribution in [-0.2, 0) is 0 Å². The lowest BCUT2D eigenvalue weighted by Gasteiger charge is -2.21. The molecule has 0 aliphatic rings. The van der Waals surface area contributed by atoms with Crippen LogP contribution >= 0.6 is 0 Å². The lowest BCUT2D eigenvalue weighted by atomic mass is 9.82. The second kappa shape index (κ2) is 14.0. The summed E-state index contributed by atoms with van der Waals surface area (Å²) in [5, 5.41) is 7.71. The molecule has 0 radical (unpaired) electrons. The van der Waals surface area contributed by atoms with Gasteiger partial charge in [0.15, 0.2) is 0 Å². The van der Waals surface area contributed by atoms with E-state index in [1.165, 1.54) is 99.1 Å². The molecule has 1 unspecified atom stereocenters. The van der Waals surface area contributed by atoms with Gasteiger partial charge >= 0.3 is 0 Å². The number of rotatable bonds is 8. The molecule has 7 aromatic carbocycles. The second-order valence-corrected chi connectivity index (χ2v) is 14.2. The molecule has 7 aromatic rings. The summed E-state index contributed by atoms with van der Waals surface area (Å²) in [6, 6.07) is 45.7. The molecule has 0 N–H and O–H groups in total. The first-order valence-electron chi connectivity index (χ1n) is 18.3. The Morgan fingerprint density at radius 1 is 0.560 bits per heavy atom. The van der Waals surface area contributed by atoms with Crippen LogP contribution < -0.4 is 0 Å². The minimum Gasteiger partial charge on any atom is -0.0819 e. The van der Waals surface area contributed by atoms with Crippen LogP contribution in [0.25, 0.3) is 71.3 Å². The number of benzene rings is 7. The van der Waals surface area contributed by atoms with Gasteiger partial charge in [0.1, 0.15) is 0 Å². The van der Waals surface area contributed by atoms with Crippen molar-refractivity contribution >= 4 is 37.9 Å². The van der Waals surface area contributed by atoms with Gasteiger partial charge in [0, 0.05) is 0 Å². The largest absolute Gasteiger partial charge is 0.0819 e. The molecule has 0 fully saturated rings. The minimum atomic E-state index is 0.488. The first-order chi connectivity index (χ1) is 24.3. The number of hydrogen-bond acceptors (Lipinski definition) is 0. The zero-order chi connectivity index (χ0) is 34.9. The quantitative estimate of drug-likeness (QED) is 0.114. The fourth-order valence-corrected chi connectivity index (χ4v) is 8.26. The van der Waals surface area contributed by atoms with Gasteiger partial charge in [0.2, 0.25) is 0 Å². The molecule has 0 bridgehead atoms. The maximum Gasteiger partial charge on any atom is -0.00201 e. The molecular weight excluding hydrogens is 601 g/mol. The molecule has 1 atom stereocenters. The summed E-state index contributed by atoms with van der Waals surface area (Å²) in [5.41, 5.74) is 15.8. The molecular formula is C50H48. The van der Waals surface area contributed by atoms with Crippen molar-refractivity contribution in [2.75, 3.05) is 0 Å². The highest BCUT2D eigenvalue weighted by Gasteiger charge is 2.20. The van der Waals surface area contributed by atoms with Crippen LogP contribution in [0.2, 0.25) is 0 Å². The lowest BCUT2D eigenvalue weighted by Crippen LogP contribution is -1.98. The number of aryl methyl sites for hydroxylation is 3. The highest BCUT2D eigenvalue weighted by atomic mass is 14.2. The van der Waals surface area contributed by atoms with Gasteiger partial charge < -0.3 is 0 Å². The summed E-state index contributed by atoms with van der Waals surface area (Å²) in [4.78, 5) is 0. The maximum atomic E-state index is 2.39. The Kier molecular flexibility index (Phi) is 9.30. The number of fused-ring (bicyclic) bond motifs is 3. The van der Waals surface area contributed by atoms with Crippen LogP contribution in [-0.4, -0.2) is 0 Å².